The van der Waals surface area contributed by atoms with E-state index in [0.717, 1.165) is 26.1 Å². The fourth-order valence-corrected chi connectivity index (χ4v) is 3.25. The van der Waals surface area contributed by atoms with E-state index in [2.05, 4.69) is 44.1 Å². The lowest BCUT2D eigenvalue weighted by Gasteiger charge is -2.02. The van der Waals surface area contributed by atoms with Gasteiger partial charge in [-0.25, -0.2) is 0 Å². The molecular formula is C11H15Br2NOS. The van der Waals surface area contributed by atoms with Gasteiger partial charge in [-0.1, -0.05) is 26.2 Å². The third-order valence-electron chi connectivity index (χ3n) is 2.18. The summed E-state index contributed by atoms with van der Waals surface area (Å²) in [5.41, 5.74) is 0. The smallest absolute Gasteiger partial charge is 0.261 e. The molecule has 0 atom stereocenters. The molecule has 0 aliphatic rings. The van der Waals surface area contributed by atoms with Crippen LogP contribution in [0.2, 0.25) is 0 Å². The summed E-state index contributed by atoms with van der Waals surface area (Å²) >= 11 is 8.20. The Morgan fingerprint density at radius 1 is 1.38 bits per heavy atom. The molecule has 0 saturated heterocycles. The molecule has 5 heteroatoms. The van der Waals surface area contributed by atoms with Gasteiger partial charge in [-0.05, 0) is 44.3 Å². The van der Waals surface area contributed by atoms with Crippen LogP contribution in [0.4, 0.5) is 0 Å². The van der Waals surface area contributed by atoms with Gasteiger partial charge in [-0.15, -0.1) is 11.3 Å². The predicted octanol–water partition coefficient (Wildman–Crippen LogP) is 4.58. The van der Waals surface area contributed by atoms with Gasteiger partial charge in [-0.2, -0.15) is 0 Å². The van der Waals surface area contributed by atoms with Crippen LogP contribution in [0, 0.1) is 0 Å². The van der Waals surface area contributed by atoms with Gasteiger partial charge in [0.1, 0.15) is 0 Å². The van der Waals surface area contributed by atoms with E-state index in [0.29, 0.717) is 0 Å². The first-order valence-electron chi connectivity index (χ1n) is 5.38. The highest BCUT2D eigenvalue weighted by Gasteiger charge is 2.10. The summed E-state index contributed by atoms with van der Waals surface area (Å²) in [6, 6.07) is 1.84. The minimum absolute atomic E-state index is 0.0212. The van der Waals surface area contributed by atoms with Crippen LogP contribution >= 0.6 is 43.2 Å². The summed E-state index contributed by atoms with van der Waals surface area (Å²) < 4.78 is 1.90. The zero-order valence-electron chi connectivity index (χ0n) is 9.19. The third-order valence-corrected chi connectivity index (χ3v) is 5.44. The maximum absolute atomic E-state index is 11.7. The van der Waals surface area contributed by atoms with Crippen molar-refractivity contribution in [2.75, 3.05) is 6.54 Å². The van der Waals surface area contributed by atoms with E-state index in [1.807, 2.05) is 6.07 Å². The zero-order valence-corrected chi connectivity index (χ0v) is 13.2. The van der Waals surface area contributed by atoms with Gasteiger partial charge in [0.15, 0.2) is 0 Å². The molecule has 1 heterocycles. The third kappa shape index (κ3) is 4.55. The standard InChI is InChI=1S/C11H15Br2NOS/c1-2-3-4-5-6-14-11(15)9-7-8(12)10(13)16-9/h7H,2-6H2,1H3,(H,14,15). The summed E-state index contributed by atoms with van der Waals surface area (Å²) in [7, 11) is 0. The highest BCUT2D eigenvalue weighted by atomic mass is 79.9. The van der Waals surface area contributed by atoms with Crippen molar-refractivity contribution in [1.82, 2.24) is 5.32 Å². The first kappa shape index (κ1) is 14.2. The van der Waals surface area contributed by atoms with Gasteiger partial charge in [0.2, 0.25) is 0 Å². The van der Waals surface area contributed by atoms with Gasteiger partial charge < -0.3 is 5.32 Å². The van der Waals surface area contributed by atoms with Crippen LogP contribution < -0.4 is 5.32 Å². The zero-order chi connectivity index (χ0) is 12.0. The molecule has 16 heavy (non-hydrogen) atoms. The second kappa shape index (κ2) is 7.45. The number of amides is 1. The molecular weight excluding hydrogens is 354 g/mol. The molecule has 0 aliphatic carbocycles. The van der Waals surface area contributed by atoms with Crippen molar-refractivity contribution in [2.24, 2.45) is 0 Å². The number of hydrogen-bond donors (Lipinski definition) is 1. The quantitative estimate of drug-likeness (QED) is 0.731. The number of halogens is 2. The Morgan fingerprint density at radius 3 is 2.69 bits per heavy atom. The number of nitrogens with one attached hydrogen (secondary N) is 1. The summed E-state index contributed by atoms with van der Waals surface area (Å²) in [6.45, 7) is 2.95. The van der Waals surface area contributed by atoms with Crippen molar-refractivity contribution in [3.8, 4) is 0 Å². The highest BCUT2D eigenvalue weighted by Crippen LogP contribution is 2.32. The number of unbranched alkanes of at least 4 members (excludes halogenated alkanes) is 3. The van der Waals surface area contributed by atoms with Crippen LogP contribution in [-0.4, -0.2) is 12.5 Å². The molecule has 1 rings (SSSR count). The molecule has 0 bridgehead atoms. The fraction of sp³-hybridized carbons (Fsp3) is 0.545. The Labute approximate surface area is 117 Å². The van der Waals surface area contributed by atoms with E-state index in [1.54, 1.807) is 0 Å². The highest BCUT2D eigenvalue weighted by molar-refractivity contribution is 9.13. The lowest BCUT2D eigenvalue weighted by Crippen LogP contribution is -2.23. The molecule has 2 nitrogen and oxygen atoms in total. The molecule has 0 saturated carbocycles. The molecule has 0 aliphatic heterocycles. The van der Waals surface area contributed by atoms with Gasteiger partial charge in [-0.3, -0.25) is 4.79 Å². The second-order valence-electron chi connectivity index (χ2n) is 3.55. The van der Waals surface area contributed by atoms with Crippen molar-refractivity contribution in [3.63, 3.8) is 0 Å². The maximum Gasteiger partial charge on any atom is 0.261 e. The topological polar surface area (TPSA) is 29.1 Å². The average molecular weight is 369 g/mol. The Balaban J connectivity index is 2.30. The van der Waals surface area contributed by atoms with Gasteiger partial charge in [0.05, 0.1) is 8.66 Å². The molecule has 1 aromatic rings. The van der Waals surface area contributed by atoms with Crippen LogP contribution in [-0.2, 0) is 0 Å². The summed E-state index contributed by atoms with van der Waals surface area (Å²) in [4.78, 5) is 12.4. The molecule has 1 amide bonds. The Bertz CT molecular complexity index is 332. The van der Waals surface area contributed by atoms with Crippen LogP contribution in [0.3, 0.4) is 0 Å². The number of carbonyl (C=O) groups is 1. The van der Waals surface area contributed by atoms with E-state index in [1.165, 1.54) is 30.6 Å². The van der Waals surface area contributed by atoms with E-state index in [4.69, 9.17) is 0 Å². The minimum atomic E-state index is 0.0212. The van der Waals surface area contributed by atoms with Crippen molar-refractivity contribution in [1.29, 1.82) is 0 Å². The number of thiophene rings is 1. The van der Waals surface area contributed by atoms with E-state index in [-0.39, 0.29) is 5.91 Å². The molecule has 0 fully saturated rings. The molecule has 1 aromatic heterocycles. The first-order chi connectivity index (χ1) is 7.65. The SMILES string of the molecule is CCCCCCNC(=O)c1cc(Br)c(Br)s1. The lowest BCUT2D eigenvalue weighted by molar-refractivity contribution is 0.0957. The molecule has 90 valence electrons. The normalized spacial score (nSPS) is 10.4. The summed E-state index contributed by atoms with van der Waals surface area (Å²) in [5.74, 6) is 0.0212. The van der Waals surface area contributed by atoms with Gasteiger partial charge >= 0.3 is 0 Å². The van der Waals surface area contributed by atoms with Crippen molar-refractivity contribution in [3.05, 3.63) is 19.2 Å². The van der Waals surface area contributed by atoms with Gasteiger partial charge in [0.25, 0.3) is 5.91 Å². The van der Waals surface area contributed by atoms with Crippen molar-refractivity contribution >= 4 is 49.1 Å². The van der Waals surface area contributed by atoms with Gasteiger partial charge in [0, 0.05) is 11.0 Å². The van der Waals surface area contributed by atoms with Crippen molar-refractivity contribution in [2.45, 2.75) is 32.6 Å². The number of hydrogen-bond acceptors (Lipinski definition) is 2. The average Bonchev–Trinajstić information content (AvgIpc) is 2.59. The monoisotopic (exact) mass is 367 g/mol. The fourth-order valence-electron chi connectivity index (χ4n) is 1.30. The predicted molar refractivity (Wildman–Crippen MR) is 76.2 cm³/mol. The summed E-state index contributed by atoms with van der Waals surface area (Å²) in [5, 5.41) is 2.93. The molecule has 0 unspecified atom stereocenters. The van der Waals surface area contributed by atoms with E-state index >= 15 is 0 Å². The van der Waals surface area contributed by atoms with Crippen LogP contribution in [0.1, 0.15) is 42.3 Å². The minimum Gasteiger partial charge on any atom is -0.351 e. The molecule has 1 N–H and O–H groups in total. The number of carbonyl (C=O) groups excluding carboxylic acids is 1. The second-order valence-corrected chi connectivity index (χ2v) is 6.77. The molecule has 0 spiro atoms. The molecule has 0 aromatic carbocycles. The lowest BCUT2D eigenvalue weighted by atomic mass is 10.2. The summed E-state index contributed by atoms with van der Waals surface area (Å²) in [6.07, 6.45) is 4.71. The Morgan fingerprint density at radius 2 is 2.12 bits per heavy atom. The first-order valence-corrected chi connectivity index (χ1v) is 7.78. The van der Waals surface area contributed by atoms with Crippen LogP contribution in [0.15, 0.2) is 14.3 Å². The largest absolute Gasteiger partial charge is 0.351 e. The Kier molecular flexibility index (Phi) is 6.61. The van der Waals surface area contributed by atoms with E-state index < -0.39 is 0 Å². The van der Waals surface area contributed by atoms with Crippen molar-refractivity contribution < 1.29 is 4.79 Å². The Hall–Kier alpha value is 0.130. The number of rotatable bonds is 6. The maximum atomic E-state index is 11.7. The van der Waals surface area contributed by atoms with Crippen LogP contribution in [0.5, 0.6) is 0 Å². The van der Waals surface area contributed by atoms with E-state index in [9.17, 15) is 4.79 Å². The van der Waals surface area contributed by atoms with Crippen LogP contribution in [0.25, 0.3) is 0 Å². The molecule has 0 radical (unpaired) electrons.